The van der Waals surface area contributed by atoms with Gasteiger partial charge in [0, 0.05) is 13.1 Å². The van der Waals surface area contributed by atoms with Gasteiger partial charge in [-0.1, -0.05) is 12.1 Å². The van der Waals surface area contributed by atoms with E-state index in [1.54, 1.807) is 29.2 Å². The molecular formula is C20H22FNO5S. The molecule has 1 aliphatic rings. The number of benzene rings is 2. The van der Waals surface area contributed by atoms with E-state index in [1.165, 1.54) is 19.2 Å². The zero-order valence-corrected chi connectivity index (χ0v) is 16.3. The van der Waals surface area contributed by atoms with Crippen molar-refractivity contribution in [1.82, 2.24) is 4.90 Å². The third-order valence-electron chi connectivity index (χ3n) is 4.80. The standard InChI is InChI=1S/C20H22FNO5S/c1-26-18-4-2-3-5-19(18)27-14-20(23)22-12-10-17(11-13-22)28(24,25)16-8-6-15(21)7-9-16/h2-9,17H,10-14H2,1H3. The fourth-order valence-corrected chi connectivity index (χ4v) is 4.93. The molecule has 0 atom stereocenters. The summed E-state index contributed by atoms with van der Waals surface area (Å²) in [5.74, 6) is 0.337. The Kier molecular flexibility index (Phi) is 6.18. The third-order valence-corrected chi connectivity index (χ3v) is 7.07. The summed E-state index contributed by atoms with van der Waals surface area (Å²) in [7, 11) is -2.02. The third kappa shape index (κ3) is 4.44. The van der Waals surface area contributed by atoms with Gasteiger partial charge in [0.2, 0.25) is 0 Å². The lowest BCUT2D eigenvalue weighted by molar-refractivity contribution is -0.134. The van der Waals surface area contributed by atoms with Gasteiger partial charge in [-0.3, -0.25) is 4.79 Å². The number of likely N-dealkylation sites (tertiary alicyclic amines) is 1. The molecule has 1 saturated heterocycles. The Balaban J connectivity index is 1.56. The monoisotopic (exact) mass is 407 g/mol. The van der Waals surface area contributed by atoms with E-state index in [4.69, 9.17) is 9.47 Å². The Bertz CT molecular complexity index is 922. The summed E-state index contributed by atoms with van der Waals surface area (Å²) in [5, 5.41) is -0.586. The average molecular weight is 407 g/mol. The molecule has 2 aromatic rings. The number of hydrogen-bond donors (Lipinski definition) is 0. The second-order valence-corrected chi connectivity index (χ2v) is 8.75. The minimum atomic E-state index is -3.54. The summed E-state index contributed by atoms with van der Waals surface area (Å²) < 4.78 is 49.2. The zero-order chi connectivity index (χ0) is 20.1. The lowest BCUT2D eigenvalue weighted by atomic mass is 10.1. The number of rotatable bonds is 6. The van der Waals surface area contributed by atoms with Gasteiger partial charge in [-0.05, 0) is 49.2 Å². The van der Waals surface area contributed by atoms with E-state index in [-0.39, 0.29) is 17.4 Å². The predicted octanol–water partition coefficient (Wildman–Crippen LogP) is 2.68. The highest BCUT2D eigenvalue weighted by Gasteiger charge is 2.32. The van der Waals surface area contributed by atoms with Crippen LogP contribution in [0.15, 0.2) is 53.4 Å². The van der Waals surface area contributed by atoms with Crippen LogP contribution in [0, 0.1) is 5.82 Å². The molecule has 1 fully saturated rings. The smallest absolute Gasteiger partial charge is 0.260 e. The first kappa shape index (κ1) is 20.1. The Hall–Kier alpha value is -2.61. The predicted molar refractivity (Wildman–Crippen MR) is 102 cm³/mol. The summed E-state index contributed by atoms with van der Waals surface area (Å²) in [5.41, 5.74) is 0. The molecule has 2 aromatic carbocycles. The maximum atomic E-state index is 13.0. The minimum absolute atomic E-state index is 0.109. The van der Waals surface area contributed by atoms with E-state index in [0.29, 0.717) is 37.4 Å². The number of ether oxygens (including phenoxy) is 2. The molecule has 3 rings (SSSR count). The Morgan fingerprint density at radius 3 is 2.29 bits per heavy atom. The molecule has 0 unspecified atom stereocenters. The van der Waals surface area contributed by atoms with Gasteiger partial charge >= 0.3 is 0 Å². The number of hydrogen-bond acceptors (Lipinski definition) is 5. The first-order valence-corrected chi connectivity index (χ1v) is 10.5. The van der Waals surface area contributed by atoms with Crippen LogP contribution in [-0.2, 0) is 14.6 Å². The number of halogens is 1. The van der Waals surface area contributed by atoms with Gasteiger partial charge in [-0.15, -0.1) is 0 Å². The minimum Gasteiger partial charge on any atom is -0.493 e. The van der Waals surface area contributed by atoms with Crippen molar-refractivity contribution in [3.63, 3.8) is 0 Å². The number of para-hydroxylation sites is 2. The molecule has 0 radical (unpaired) electrons. The Morgan fingerprint density at radius 2 is 1.68 bits per heavy atom. The first-order chi connectivity index (χ1) is 13.4. The summed E-state index contributed by atoms with van der Waals surface area (Å²) in [6, 6.07) is 11.9. The molecule has 1 heterocycles. The van der Waals surface area contributed by atoms with Crippen LogP contribution in [-0.4, -0.2) is 51.3 Å². The SMILES string of the molecule is COc1ccccc1OCC(=O)N1CCC(S(=O)(=O)c2ccc(F)cc2)CC1. The summed E-state index contributed by atoms with van der Waals surface area (Å²) in [6.07, 6.45) is 0.667. The lowest BCUT2D eigenvalue weighted by Gasteiger charge is -2.31. The molecule has 0 aliphatic carbocycles. The van der Waals surface area contributed by atoms with E-state index < -0.39 is 20.9 Å². The molecule has 6 nitrogen and oxygen atoms in total. The van der Waals surface area contributed by atoms with Crippen LogP contribution >= 0.6 is 0 Å². The van der Waals surface area contributed by atoms with E-state index in [9.17, 15) is 17.6 Å². The second-order valence-electron chi connectivity index (χ2n) is 6.52. The summed E-state index contributed by atoms with van der Waals surface area (Å²) >= 11 is 0. The fraction of sp³-hybridized carbons (Fsp3) is 0.350. The molecule has 150 valence electrons. The van der Waals surface area contributed by atoms with Crippen molar-refractivity contribution in [1.29, 1.82) is 0 Å². The van der Waals surface area contributed by atoms with Gasteiger partial charge in [0.1, 0.15) is 5.82 Å². The molecule has 8 heteroatoms. The molecule has 0 bridgehead atoms. The zero-order valence-electron chi connectivity index (χ0n) is 15.5. The molecular weight excluding hydrogens is 385 g/mol. The van der Waals surface area contributed by atoms with Crippen molar-refractivity contribution >= 4 is 15.7 Å². The molecule has 28 heavy (non-hydrogen) atoms. The van der Waals surface area contributed by atoms with E-state index in [2.05, 4.69) is 0 Å². The maximum Gasteiger partial charge on any atom is 0.260 e. The van der Waals surface area contributed by atoms with Crippen LogP contribution in [0.1, 0.15) is 12.8 Å². The fourth-order valence-electron chi connectivity index (χ4n) is 3.20. The van der Waals surface area contributed by atoms with Crippen LogP contribution in [0.25, 0.3) is 0 Å². The number of piperidine rings is 1. The van der Waals surface area contributed by atoms with Crippen LogP contribution in [0.4, 0.5) is 4.39 Å². The van der Waals surface area contributed by atoms with Gasteiger partial charge < -0.3 is 14.4 Å². The summed E-state index contributed by atoms with van der Waals surface area (Å²) in [4.78, 5) is 14.1. The second kappa shape index (κ2) is 8.60. The van der Waals surface area contributed by atoms with Crippen molar-refractivity contribution in [3.8, 4) is 11.5 Å². The van der Waals surface area contributed by atoms with Crippen LogP contribution in [0.5, 0.6) is 11.5 Å². The number of sulfone groups is 1. The van der Waals surface area contributed by atoms with Crippen molar-refractivity contribution in [3.05, 3.63) is 54.3 Å². The van der Waals surface area contributed by atoms with Crippen molar-refractivity contribution in [2.45, 2.75) is 23.0 Å². The number of amides is 1. The van der Waals surface area contributed by atoms with Gasteiger partial charge in [-0.25, -0.2) is 12.8 Å². The highest BCUT2D eigenvalue weighted by molar-refractivity contribution is 7.92. The molecule has 1 aliphatic heterocycles. The van der Waals surface area contributed by atoms with Gasteiger partial charge in [0.05, 0.1) is 17.3 Å². The Morgan fingerprint density at radius 1 is 1.07 bits per heavy atom. The molecule has 0 saturated carbocycles. The van der Waals surface area contributed by atoms with Crippen molar-refractivity contribution < 1.29 is 27.1 Å². The summed E-state index contributed by atoms with van der Waals surface area (Å²) in [6.45, 7) is 0.522. The molecule has 0 aromatic heterocycles. The van der Waals surface area contributed by atoms with Crippen molar-refractivity contribution in [2.75, 3.05) is 26.8 Å². The number of nitrogens with zero attached hydrogens (tertiary/aromatic N) is 1. The van der Waals surface area contributed by atoms with Gasteiger partial charge in [0.15, 0.2) is 27.9 Å². The highest BCUT2D eigenvalue weighted by Crippen LogP contribution is 2.27. The molecule has 0 N–H and O–H groups in total. The van der Waals surface area contributed by atoms with E-state index >= 15 is 0 Å². The quantitative estimate of drug-likeness (QED) is 0.689. The number of methoxy groups -OCH3 is 1. The van der Waals surface area contributed by atoms with Crippen LogP contribution < -0.4 is 9.47 Å². The van der Waals surface area contributed by atoms with Gasteiger partial charge in [-0.2, -0.15) is 0 Å². The van der Waals surface area contributed by atoms with Gasteiger partial charge in [0.25, 0.3) is 5.91 Å². The highest BCUT2D eigenvalue weighted by atomic mass is 32.2. The lowest BCUT2D eigenvalue weighted by Crippen LogP contribution is -2.44. The van der Waals surface area contributed by atoms with Crippen LogP contribution in [0.2, 0.25) is 0 Å². The van der Waals surface area contributed by atoms with Crippen LogP contribution in [0.3, 0.4) is 0 Å². The maximum absolute atomic E-state index is 13.0. The number of carbonyl (C=O) groups is 1. The average Bonchev–Trinajstić information content (AvgIpc) is 2.72. The number of carbonyl (C=O) groups excluding carboxylic acids is 1. The largest absolute Gasteiger partial charge is 0.493 e. The topological polar surface area (TPSA) is 72.9 Å². The molecule has 1 amide bonds. The normalized spacial score (nSPS) is 15.3. The van der Waals surface area contributed by atoms with Crippen molar-refractivity contribution in [2.24, 2.45) is 0 Å². The first-order valence-electron chi connectivity index (χ1n) is 8.95. The molecule has 0 spiro atoms. The van der Waals surface area contributed by atoms with E-state index in [0.717, 1.165) is 12.1 Å². The Labute approximate surface area is 163 Å². The van der Waals surface area contributed by atoms with E-state index in [1.807, 2.05) is 0 Å².